The van der Waals surface area contributed by atoms with Crippen LogP contribution in [-0.2, 0) is 0 Å². The number of aliphatic hydroxyl groups excluding tert-OH is 1. The van der Waals surface area contributed by atoms with E-state index in [1.807, 2.05) is 12.1 Å². The van der Waals surface area contributed by atoms with Crippen molar-refractivity contribution >= 4 is 0 Å². The van der Waals surface area contributed by atoms with E-state index in [2.05, 4.69) is 12.2 Å². The summed E-state index contributed by atoms with van der Waals surface area (Å²) in [4.78, 5) is 0. The molecular formula is C16H24FNO. The average molecular weight is 265 g/mol. The van der Waals surface area contributed by atoms with Gasteiger partial charge in [0.1, 0.15) is 5.82 Å². The molecule has 0 spiro atoms. The van der Waals surface area contributed by atoms with E-state index in [0.717, 1.165) is 44.2 Å². The van der Waals surface area contributed by atoms with Crippen molar-refractivity contribution in [1.29, 1.82) is 0 Å². The van der Waals surface area contributed by atoms with Crippen LogP contribution in [0, 0.1) is 11.7 Å². The molecule has 1 fully saturated rings. The van der Waals surface area contributed by atoms with Crippen LogP contribution in [0.25, 0.3) is 0 Å². The van der Waals surface area contributed by atoms with Crippen molar-refractivity contribution in [2.45, 2.75) is 51.2 Å². The van der Waals surface area contributed by atoms with Crippen LogP contribution >= 0.6 is 0 Å². The molecule has 1 aliphatic carbocycles. The maximum absolute atomic E-state index is 13.8. The second-order valence-electron chi connectivity index (χ2n) is 5.58. The topological polar surface area (TPSA) is 32.3 Å². The number of hydrogen-bond acceptors (Lipinski definition) is 2. The molecule has 1 aliphatic rings. The Morgan fingerprint density at radius 3 is 2.84 bits per heavy atom. The Morgan fingerprint density at radius 2 is 2.16 bits per heavy atom. The summed E-state index contributed by atoms with van der Waals surface area (Å²) < 4.78 is 13.8. The van der Waals surface area contributed by atoms with E-state index in [1.54, 1.807) is 6.07 Å². The highest BCUT2D eigenvalue weighted by molar-refractivity contribution is 5.21. The Kier molecular flexibility index (Phi) is 5.34. The van der Waals surface area contributed by atoms with Gasteiger partial charge in [-0.1, -0.05) is 31.5 Å². The van der Waals surface area contributed by atoms with Gasteiger partial charge < -0.3 is 10.4 Å². The predicted molar refractivity (Wildman–Crippen MR) is 75.4 cm³/mol. The molecule has 0 aliphatic heterocycles. The highest BCUT2D eigenvalue weighted by Gasteiger charge is 2.21. The third kappa shape index (κ3) is 4.02. The van der Waals surface area contributed by atoms with Crippen molar-refractivity contribution in [3.8, 4) is 0 Å². The minimum Gasteiger partial charge on any atom is -0.393 e. The summed E-state index contributed by atoms with van der Waals surface area (Å²) in [5.41, 5.74) is 0.751. The molecule has 19 heavy (non-hydrogen) atoms. The van der Waals surface area contributed by atoms with Crippen LogP contribution < -0.4 is 5.32 Å². The van der Waals surface area contributed by atoms with Gasteiger partial charge >= 0.3 is 0 Å². The average Bonchev–Trinajstić information content (AvgIpc) is 2.41. The summed E-state index contributed by atoms with van der Waals surface area (Å²) in [5.74, 6) is 0.384. The van der Waals surface area contributed by atoms with Crippen LogP contribution in [0.2, 0.25) is 0 Å². The van der Waals surface area contributed by atoms with Crippen LogP contribution in [0.5, 0.6) is 0 Å². The molecule has 0 saturated heterocycles. The van der Waals surface area contributed by atoms with Crippen molar-refractivity contribution in [2.75, 3.05) is 6.54 Å². The zero-order valence-electron chi connectivity index (χ0n) is 11.6. The summed E-state index contributed by atoms with van der Waals surface area (Å²) in [6.07, 6.45) is 4.80. The number of rotatable bonds is 5. The molecule has 1 saturated carbocycles. The second-order valence-corrected chi connectivity index (χ2v) is 5.58. The highest BCUT2D eigenvalue weighted by Crippen LogP contribution is 2.25. The lowest BCUT2D eigenvalue weighted by Gasteiger charge is -2.28. The van der Waals surface area contributed by atoms with Gasteiger partial charge in [0.05, 0.1) is 6.10 Å². The van der Waals surface area contributed by atoms with Crippen molar-refractivity contribution in [3.63, 3.8) is 0 Å². The van der Waals surface area contributed by atoms with E-state index >= 15 is 0 Å². The van der Waals surface area contributed by atoms with Gasteiger partial charge in [-0.3, -0.25) is 0 Å². The van der Waals surface area contributed by atoms with Crippen LogP contribution in [0.15, 0.2) is 24.3 Å². The third-order valence-electron chi connectivity index (χ3n) is 4.10. The SMILES string of the molecule is CCC(NCC1CCCC(O)C1)c1ccccc1F. The summed E-state index contributed by atoms with van der Waals surface area (Å²) in [6, 6.07) is 7.05. The number of benzene rings is 1. The van der Waals surface area contributed by atoms with E-state index in [0.29, 0.717) is 5.92 Å². The van der Waals surface area contributed by atoms with Gasteiger partial charge in [-0.25, -0.2) is 4.39 Å². The largest absolute Gasteiger partial charge is 0.393 e. The summed E-state index contributed by atoms with van der Waals surface area (Å²) >= 11 is 0. The van der Waals surface area contributed by atoms with Crippen LogP contribution in [-0.4, -0.2) is 17.8 Å². The van der Waals surface area contributed by atoms with Crippen molar-refractivity contribution in [2.24, 2.45) is 5.92 Å². The fourth-order valence-corrected chi connectivity index (χ4v) is 2.99. The molecule has 2 nitrogen and oxygen atoms in total. The van der Waals surface area contributed by atoms with E-state index in [1.165, 1.54) is 6.07 Å². The molecule has 0 bridgehead atoms. The number of halogens is 1. The van der Waals surface area contributed by atoms with Crippen LogP contribution in [0.1, 0.15) is 50.6 Å². The molecular weight excluding hydrogens is 241 g/mol. The Hall–Kier alpha value is -0.930. The van der Waals surface area contributed by atoms with Crippen molar-refractivity contribution in [3.05, 3.63) is 35.6 Å². The zero-order chi connectivity index (χ0) is 13.7. The molecule has 3 unspecified atom stereocenters. The summed E-state index contributed by atoms with van der Waals surface area (Å²) in [6.45, 7) is 2.93. The third-order valence-corrected chi connectivity index (χ3v) is 4.10. The van der Waals surface area contributed by atoms with Gasteiger partial charge in [-0.2, -0.15) is 0 Å². The minimum absolute atomic E-state index is 0.0697. The quantitative estimate of drug-likeness (QED) is 0.855. The van der Waals surface area contributed by atoms with Crippen LogP contribution in [0.3, 0.4) is 0 Å². The standard InChI is InChI=1S/C16H24FNO/c1-2-16(14-8-3-4-9-15(14)17)18-11-12-6-5-7-13(19)10-12/h3-4,8-9,12-13,16,18-19H,2,5-7,10-11H2,1H3. The lowest BCUT2D eigenvalue weighted by Crippen LogP contribution is -2.31. The fourth-order valence-electron chi connectivity index (χ4n) is 2.99. The maximum atomic E-state index is 13.8. The first-order valence-corrected chi connectivity index (χ1v) is 7.36. The molecule has 0 aromatic heterocycles. The maximum Gasteiger partial charge on any atom is 0.127 e. The number of nitrogens with one attached hydrogen (secondary N) is 1. The van der Waals surface area contributed by atoms with Gasteiger partial charge in [0, 0.05) is 11.6 Å². The number of aliphatic hydroxyl groups is 1. The normalized spacial score (nSPS) is 25.2. The highest BCUT2D eigenvalue weighted by atomic mass is 19.1. The monoisotopic (exact) mass is 265 g/mol. The molecule has 2 rings (SSSR count). The van der Waals surface area contributed by atoms with Gasteiger partial charge in [-0.15, -0.1) is 0 Å². The van der Waals surface area contributed by atoms with Crippen molar-refractivity contribution < 1.29 is 9.50 Å². The second kappa shape index (κ2) is 7.01. The molecule has 3 heteroatoms. The van der Waals surface area contributed by atoms with E-state index in [4.69, 9.17) is 0 Å². The first-order valence-electron chi connectivity index (χ1n) is 7.36. The molecule has 0 heterocycles. The predicted octanol–water partition coefficient (Wildman–Crippen LogP) is 3.42. The van der Waals surface area contributed by atoms with Gasteiger partial charge in [0.15, 0.2) is 0 Å². The van der Waals surface area contributed by atoms with E-state index < -0.39 is 0 Å². The first kappa shape index (κ1) is 14.5. The molecule has 0 radical (unpaired) electrons. The smallest absolute Gasteiger partial charge is 0.127 e. The Morgan fingerprint density at radius 1 is 1.37 bits per heavy atom. The molecule has 1 aromatic rings. The van der Waals surface area contributed by atoms with E-state index in [9.17, 15) is 9.50 Å². The molecule has 0 amide bonds. The molecule has 3 atom stereocenters. The Balaban J connectivity index is 1.91. The number of hydrogen-bond donors (Lipinski definition) is 2. The lowest BCUT2D eigenvalue weighted by atomic mass is 9.87. The van der Waals surface area contributed by atoms with Crippen molar-refractivity contribution in [1.82, 2.24) is 5.32 Å². The Bertz CT molecular complexity index is 396. The molecule has 106 valence electrons. The summed E-state index contributed by atoms with van der Waals surface area (Å²) in [5, 5.41) is 13.1. The summed E-state index contributed by atoms with van der Waals surface area (Å²) in [7, 11) is 0. The van der Waals surface area contributed by atoms with E-state index in [-0.39, 0.29) is 18.0 Å². The van der Waals surface area contributed by atoms with Gasteiger partial charge in [0.2, 0.25) is 0 Å². The van der Waals surface area contributed by atoms with Gasteiger partial charge in [0.25, 0.3) is 0 Å². The zero-order valence-corrected chi connectivity index (χ0v) is 11.6. The first-order chi connectivity index (χ1) is 9.20. The molecule has 1 aromatic carbocycles. The minimum atomic E-state index is -0.144. The molecule has 2 N–H and O–H groups in total. The van der Waals surface area contributed by atoms with Gasteiger partial charge in [-0.05, 0) is 44.2 Å². The lowest BCUT2D eigenvalue weighted by molar-refractivity contribution is 0.0995. The fraction of sp³-hybridized carbons (Fsp3) is 0.625. The Labute approximate surface area is 115 Å². The van der Waals surface area contributed by atoms with Crippen LogP contribution in [0.4, 0.5) is 4.39 Å².